The standard InChI is InChI=1S/C11H22/c1-5-7-9-11(8-6-2)10(3)4/h6,8,10-11H,5,7,9H2,1-4H3/b8-6-. The fourth-order valence-electron chi connectivity index (χ4n) is 1.34. The molecule has 0 aliphatic rings. The van der Waals surface area contributed by atoms with Gasteiger partial charge in [-0.15, -0.1) is 0 Å². The van der Waals surface area contributed by atoms with Crippen molar-refractivity contribution in [2.75, 3.05) is 0 Å². The molecular weight excluding hydrogens is 132 g/mol. The average Bonchev–Trinajstić information content (AvgIpc) is 1.97. The van der Waals surface area contributed by atoms with Gasteiger partial charge in [0.25, 0.3) is 0 Å². The maximum absolute atomic E-state index is 2.35. The van der Waals surface area contributed by atoms with Crippen LogP contribution in [-0.2, 0) is 0 Å². The molecule has 0 nitrogen and oxygen atoms in total. The quantitative estimate of drug-likeness (QED) is 0.524. The number of hydrogen-bond acceptors (Lipinski definition) is 0. The first-order chi connectivity index (χ1) is 5.22. The lowest BCUT2D eigenvalue weighted by Crippen LogP contribution is -2.04. The molecular formula is C11H22. The van der Waals surface area contributed by atoms with Crippen molar-refractivity contribution in [3.63, 3.8) is 0 Å². The first-order valence-corrected chi connectivity index (χ1v) is 4.85. The predicted molar refractivity (Wildman–Crippen MR) is 52.7 cm³/mol. The minimum atomic E-state index is 0.803. The molecule has 0 aromatic carbocycles. The van der Waals surface area contributed by atoms with E-state index in [-0.39, 0.29) is 0 Å². The van der Waals surface area contributed by atoms with E-state index in [2.05, 4.69) is 39.8 Å². The Kier molecular flexibility index (Phi) is 6.30. The van der Waals surface area contributed by atoms with E-state index in [9.17, 15) is 0 Å². The highest BCUT2D eigenvalue weighted by atomic mass is 14.1. The van der Waals surface area contributed by atoms with E-state index in [1.165, 1.54) is 19.3 Å². The van der Waals surface area contributed by atoms with Crippen molar-refractivity contribution < 1.29 is 0 Å². The zero-order valence-corrected chi connectivity index (χ0v) is 8.43. The molecule has 66 valence electrons. The molecule has 0 aliphatic carbocycles. The van der Waals surface area contributed by atoms with E-state index in [0.29, 0.717) is 0 Å². The topological polar surface area (TPSA) is 0 Å². The van der Waals surface area contributed by atoms with Crippen LogP contribution in [0.15, 0.2) is 12.2 Å². The highest BCUT2D eigenvalue weighted by Crippen LogP contribution is 2.19. The highest BCUT2D eigenvalue weighted by molar-refractivity contribution is 4.86. The second kappa shape index (κ2) is 6.45. The summed E-state index contributed by atoms with van der Waals surface area (Å²) in [6, 6.07) is 0. The minimum Gasteiger partial charge on any atom is -0.0914 e. The van der Waals surface area contributed by atoms with E-state index in [4.69, 9.17) is 0 Å². The third-order valence-corrected chi connectivity index (χ3v) is 2.19. The zero-order valence-electron chi connectivity index (χ0n) is 8.43. The SMILES string of the molecule is C/C=C\C(CCCC)C(C)C. The van der Waals surface area contributed by atoms with Gasteiger partial charge >= 0.3 is 0 Å². The van der Waals surface area contributed by atoms with Crippen LogP contribution in [0.3, 0.4) is 0 Å². The fourth-order valence-corrected chi connectivity index (χ4v) is 1.34. The largest absolute Gasteiger partial charge is 0.0914 e. The van der Waals surface area contributed by atoms with E-state index in [1.807, 2.05) is 0 Å². The summed E-state index contributed by atoms with van der Waals surface area (Å²) in [6.07, 6.45) is 8.58. The summed E-state index contributed by atoms with van der Waals surface area (Å²) < 4.78 is 0. The molecule has 0 N–H and O–H groups in total. The molecule has 0 aromatic heterocycles. The van der Waals surface area contributed by atoms with E-state index in [0.717, 1.165) is 11.8 Å². The van der Waals surface area contributed by atoms with Crippen LogP contribution in [0.25, 0.3) is 0 Å². The van der Waals surface area contributed by atoms with Crippen LogP contribution in [0, 0.1) is 11.8 Å². The molecule has 0 spiro atoms. The molecule has 0 bridgehead atoms. The molecule has 0 heteroatoms. The van der Waals surface area contributed by atoms with Crippen LogP contribution in [0.5, 0.6) is 0 Å². The van der Waals surface area contributed by atoms with Crippen LogP contribution < -0.4 is 0 Å². The van der Waals surface area contributed by atoms with Crippen molar-refractivity contribution in [1.29, 1.82) is 0 Å². The maximum Gasteiger partial charge on any atom is -0.0211 e. The first-order valence-electron chi connectivity index (χ1n) is 4.85. The summed E-state index contributed by atoms with van der Waals surface area (Å²) in [4.78, 5) is 0. The molecule has 1 unspecified atom stereocenters. The Hall–Kier alpha value is -0.260. The van der Waals surface area contributed by atoms with Crippen LogP contribution in [-0.4, -0.2) is 0 Å². The number of rotatable bonds is 5. The molecule has 0 aliphatic heterocycles. The van der Waals surface area contributed by atoms with Gasteiger partial charge in [0, 0.05) is 0 Å². The molecule has 0 heterocycles. The lowest BCUT2D eigenvalue weighted by atomic mass is 9.90. The molecule has 0 fully saturated rings. The Morgan fingerprint density at radius 2 is 1.91 bits per heavy atom. The van der Waals surface area contributed by atoms with Crippen molar-refractivity contribution in [3.8, 4) is 0 Å². The third kappa shape index (κ3) is 5.06. The predicted octanol–water partition coefficient (Wildman–Crippen LogP) is 4.02. The Labute approximate surface area is 71.7 Å². The molecule has 0 saturated carbocycles. The van der Waals surface area contributed by atoms with Gasteiger partial charge in [0.05, 0.1) is 0 Å². The van der Waals surface area contributed by atoms with E-state index >= 15 is 0 Å². The number of hydrogen-bond donors (Lipinski definition) is 0. The van der Waals surface area contributed by atoms with Crippen LogP contribution in [0.4, 0.5) is 0 Å². The third-order valence-electron chi connectivity index (χ3n) is 2.19. The molecule has 1 atom stereocenters. The molecule has 0 aromatic rings. The zero-order chi connectivity index (χ0) is 8.69. The Bertz CT molecular complexity index is 101. The van der Waals surface area contributed by atoms with E-state index in [1.54, 1.807) is 0 Å². The second-order valence-corrected chi connectivity index (χ2v) is 3.58. The maximum atomic E-state index is 2.35. The average molecular weight is 154 g/mol. The Balaban J connectivity index is 3.70. The van der Waals surface area contributed by atoms with Gasteiger partial charge in [-0.2, -0.15) is 0 Å². The molecule has 0 radical (unpaired) electrons. The van der Waals surface area contributed by atoms with Gasteiger partial charge in [-0.3, -0.25) is 0 Å². The van der Waals surface area contributed by atoms with Gasteiger partial charge < -0.3 is 0 Å². The Morgan fingerprint density at radius 3 is 2.27 bits per heavy atom. The normalized spacial score (nSPS) is 14.6. The second-order valence-electron chi connectivity index (χ2n) is 3.58. The number of unbranched alkanes of at least 4 members (excludes halogenated alkanes) is 1. The van der Waals surface area contributed by atoms with Gasteiger partial charge in [0.1, 0.15) is 0 Å². The van der Waals surface area contributed by atoms with Crippen molar-refractivity contribution in [2.45, 2.75) is 47.0 Å². The summed E-state index contributed by atoms with van der Waals surface area (Å²) in [5.41, 5.74) is 0. The van der Waals surface area contributed by atoms with Gasteiger partial charge in [-0.1, -0.05) is 45.8 Å². The van der Waals surface area contributed by atoms with Crippen molar-refractivity contribution in [3.05, 3.63) is 12.2 Å². The molecule has 0 rings (SSSR count). The Morgan fingerprint density at radius 1 is 1.27 bits per heavy atom. The lowest BCUT2D eigenvalue weighted by molar-refractivity contribution is 0.422. The summed E-state index contributed by atoms with van der Waals surface area (Å²) in [6.45, 7) is 8.98. The van der Waals surface area contributed by atoms with Gasteiger partial charge in [-0.05, 0) is 25.2 Å². The van der Waals surface area contributed by atoms with Gasteiger partial charge in [0.15, 0.2) is 0 Å². The molecule has 0 amide bonds. The molecule has 11 heavy (non-hydrogen) atoms. The van der Waals surface area contributed by atoms with Crippen LogP contribution in [0.2, 0.25) is 0 Å². The van der Waals surface area contributed by atoms with Crippen LogP contribution >= 0.6 is 0 Å². The summed E-state index contributed by atoms with van der Waals surface area (Å²) >= 11 is 0. The van der Waals surface area contributed by atoms with Crippen molar-refractivity contribution >= 4 is 0 Å². The van der Waals surface area contributed by atoms with Crippen molar-refractivity contribution in [1.82, 2.24) is 0 Å². The number of allylic oxidation sites excluding steroid dienone is 2. The first kappa shape index (κ1) is 10.7. The van der Waals surface area contributed by atoms with Crippen molar-refractivity contribution in [2.24, 2.45) is 11.8 Å². The van der Waals surface area contributed by atoms with Crippen LogP contribution in [0.1, 0.15) is 47.0 Å². The molecule has 0 saturated heterocycles. The van der Waals surface area contributed by atoms with E-state index < -0.39 is 0 Å². The highest BCUT2D eigenvalue weighted by Gasteiger charge is 2.07. The summed E-state index contributed by atoms with van der Waals surface area (Å²) in [5, 5.41) is 0. The summed E-state index contributed by atoms with van der Waals surface area (Å²) in [7, 11) is 0. The van der Waals surface area contributed by atoms with Gasteiger partial charge in [0.2, 0.25) is 0 Å². The van der Waals surface area contributed by atoms with Gasteiger partial charge in [-0.25, -0.2) is 0 Å². The minimum absolute atomic E-state index is 0.803. The monoisotopic (exact) mass is 154 g/mol. The lowest BCUT2D eigenvalue weighted by Gasteiger charge is -2.15. The fraction of sp³-hybridized carbons (Fsp3) is 0.818. The smallest absolute Gasteiger partial charge is 0.0211 e. The summed E-state index contributed by atoms with van der Waals surface area (Å²) in [5.74, 6) is 1.61.